The Morgan fingerprint density at radius 1 is 1.59 bits per heavy atom. The van der Waals surface area contributed by atoms with Crippen molar-refractivity contribution in [1.29, 1.82) is 0 Å². The van der Waals surface area contributed by atoms with Gasteiger partial charge in [0, 0.05) is 18.3 Å². The summed E-state index contributed by atoms with van der Waals surface area (Å²) in [5.41, 5.74) is 1.17. The number of pyridine rings is 1. The van der Waals surface area contributed by atoms with Crippen molar-refractivity contribution < 1.29 is 9.53 Å². The van der Waals surface area contributed by atoms with Crippen LogP contribution in [0.4, 0.5) is 5.69 Å². The molecule has 0 amide bonds. The Balaban J connectivity index is 2.28. The van der Waals surface area contributed by atoms with Crippen molar-refractivity contribution in [3.05, 3.63) is 17.8 Å². The first-order chi connectivity index (χ1) is 8.20. The molecule has 2 rings (SSSR count). The van der Waals surface area contributed by atoms with Crippen LogP contribution in [0.5, 0.6) is 5.88 Å². The van der Waals surface area contributed by atoms with Gasteiger partial charge in [-0.1, -0.05) is 0 Å². The lowest BCUT2D eigenvalue weighted by Crippen LogP contribution is -2.26. The molecule has 0 fully saturated rings. The zero-order valence-corrected chi connectivity index (χ0v) is 9.78. The molecule has 1 aromatic rings. The third kappa shape index (κ3) is 2.52. The van der Waals surface area contributed by atoms with Crippen molar-refractivity contribution in [2.45, 2.75) is 6.92 Å². The van der Waals surface area contributed by atoms with E-state index in [0.29, 0.717) is 23.1 Å². The number of nitrogens with zero attached hydrogens (tertiary/aromatic N) is 2. The molecule has 2 heterocycles. The number of ether oxygens (including phenoxy) is 1. The third-order valence-corrected chi connectivity index (χ3v) is 2.38. The van der Waals surface area contributed by atoms with Gasteiger partial charge < -0.3 is 15.4 Å². The van der Waals surface area contributed by atoms with E-state index >= 15 is 0 Å². The topological polar surface area (TPSA) is 75.6 Å². The van der Waals surface area contributed by atoms with Gasteiger partial charge >= 0.3 is 0 Å². The van der Waals surface area contributed by atoms with Gasteiger partial charge in [-0.05, 0) is 13.0 Å². The number of ketones is 1. The molecule has 17 heavy (non-hydrogen) atoms. The van der Waals surface area contributed by atoms with E-state index in [9.17, 15) is 4.79 Å². The molecule has 0 atom stereocenters. The van der Waals surface area contributed by atoms with Crippen molar-refractivity contribution in [1.82, 2.24) is 10.3 Å². The summed E-state index contributed by atoms with van der Waals surface area (Å²) in [6, 6.07) is 1.71. The molecule has 0 bridgehead atoms. The fraction of sp³-hybridized carbons (Fsp3) is 0.364. The minimum atomic E-state index is -0.0375. The summed E-state index contributed by atoms with van der Waals surface area (Å²) in [4.78, 5) is 19.6. The lowest BCUT2D eigenvalue weighted by molar-refractivity contribution is 0.101. The van der Waals surface area contributed by atoms with E-state index in [4.69, 9.17) is 4.74 Å². The van der Waals surface area contributed by atoms with Crippen LogP contribution >= 0.6 is 0 Å². The molecule has 6 nitrogen and oxygen atoms in total. The highest BCUT2D eigenvalue weighted by molar-refractivity contribution is 5.99. The van der Waals surface area contributed by atoms with Crippen LogP contribution in [0.15, 0.2) is 17.3 Å². The molecule has 0 unspecified atom stereocenters. The first-order valence-electron chi connectivity index (χ1n) is 5.31. The molecule has 0 aliphatic carbocycles. The van der Waals surface area contributed by atoms with Gasteiger partial charge in [0.15, 0.2) is 11.7 Å². The summed E-state index contributed by atoms with van der Waals surface area (Å²) in [5, 5.41) is 6.13. The van der Waals surface area contributed by atoms with Crippen LogP contribution in [0.3, 0.4) is 0 Å². The molecule has 0 spiro atoms. The Kier molecular flexibility index (Phi) is 3.22. The maximum absolute atomic E-state index is 11.3. The Morgan fingerprint density at radius 2 is 2.41 bits per heavy atom. The Hall–Kier alpha value is -2.11. The molecule has 90 valence electrons. The lowest BCUT2D eigenvalue weighted by Gasteiger charge is -2.11. The van der Waals surface area contributed by atoms with Gasteiger partial charge in [-0.3, -0.25) is 9.79 Å². The Morgan fingerprint density at radius 3 is 3.00 bits per heavy atom. The Labute approximate surface area is 99.1 Å². The quantitative estimate of drug-likeness (QED) is 0.751. The second-order valence-corrected chi connectivity index (χ2v) is 3.62. The maximum Gasteiger partial charge on any atom is 0.237 e. The van der Waals surface area contributed by atoms with Crippen LogP contribution in [-0.2, 0) is 0 Å². The van der Waals surface area contributed by atoms with E-state index in [0.717, 1.165) is 13.1 Å². The molecule has 1 aliphatic heterocycles. The number of rotatable bonds is 3. The van der Waals surface area contributed by atoms with Gasteiger partial charge in [0.25, 0.3) is 0 Å². The molecule has 2 N–H and O–H groups in total. The Bertz CT molecular complexity index is 471. The first kappa shape index (κ1) is 11.4. The number of carbonyl (C=O) groups excluding carboxylic acids is 1. The van der Waals surface area contributed by atoms with Crippen LogP contribution in [0, 0.1) is 0 Å². The van der Waals surface area contributed by atoms with E-state index < -0.39 is 0 Å². The summed E-state index contributed by atoms with van der Waals surface area (Å²) in [6.45, 7) is 3.05. The molecule has 0 saturated heterocycles. The zero-order valence-electron chi connectivity index (χ0n) is 9.78. The van der Waals surface area contributed by atoms with Crippen molar-refractivity contribution in [2.24, 2.45) is 4.99 Å². The molecule has 0 radical (unpaired) electrons. The van der Waals surface area contributed by atoms with Crippen LogP contribution in [0.1, 0.15) is 17.3 Å². The highest BCUT2D eigenvalue weighted by Crippen LogP contribution is 2.22. The third-order valence-electron chi connectivity index (χ3n) is 2.38. The molecular weight excluding hydrogens is 220 g/mol. The number of Topliss-reactive ketones (excluding diaryl/α,β-unsaturated/α-hetero) is 1. The smallest absolute Gasteiger partial charge is 0.237 e. The second kappa shape index (κ2) is 4.82. The molecule has 6 heteroatoms. The van der Waals surface area contributed by atoms with Crippen LogP contribution in [0.25, 0.3) is 0 Å². The largest absolute Gasteiger partial charge is 0.480 e. The van der Waals surface area contributed by atoms with Gasteiger partial charge in [-0.25, -0.2) is 4.98 Å². The molecule has 0 saturated carbocycles. The monoisotopic (exact) mass is 234 g/mol. The summed E-state index contributed by atoms with van der Waals surface area (Å²) in [5.74, 6) is 1.07. The first-order valence-corrected chi connectivity index (χ1v) is 5.31. The number of nitrogens with one attached hydrogen (secondary N) is 2. The van der Waals surface area contributed by atoms with Crippen LogP contribution < -0.4 is 15.4 Å². The maximum atomic E-state index is 11.3. The SMILES string of the molecule is COc1ncc(C(C)=O)cc1NC1=NCCN1. The van der Waals surface area contributed by atoms with Crippen molar-refractivity contribution in [2.75, 3.05) is 25.5 Å². The second-order valence-electron chi connectivity index (χ2n) is 3.62. The number of guanidine groups is 1. The normalized spacial score (nSPS) is 13.9. The number of hydrogen-bond acceptors (Lipinski definition) is 6. The summed E-state index contributed by atoms with van der Waals surface area (Å²) in [7, 11) is 1.53. The van der Waals surface area contributed by atoms with E-state index in [1.54, 1.807) is 6.07 Å². The molecular formula is C11H14N4O2. The molecule has 0 aromatic carbocycles. The fourth-order valence-electron chi connectivity index (χ4n) is 1.51. The number of aromatic nitrogens is 1. The van der Waals surface area contributed by atoms with Crippen molar-refractivity contribution in [3.8, 4) is 5.88 Å². The fourth-order valence-corrected chi connectivity index (χ4v) is 1.51. The zero-order chi connectivity index (χ0) is 12.3. The van der Waals surface area contributed by atoms with E-state index in [2.05, 4.69) is 20.6 Å². The number of methoxy groups -OCH3 is 1. The van der Waals surface area contributed by atoms with Crippen LogP contribution in [-0.4, -0.2) is 36.9 Å². The predicted molar refractivity (Wildman–Crippen MR) is 64.7 cm³/mol. The standard InChI is InChI=1S/C11H14N4O2/c1-7(16)8-5-9(10(17-2)14-6-8)15-11-12-3-4-13-11/h5-6H,3-4H2,1-2H3,(H2,12,13,15). The number of hydrogen-bond donors (Lipinski definition) is 2. The van der Waals surface area contributed by atoms with E-state index in [1.165, 1.54) is 20.2 Å². The predicted octanol–water partition coefficient (Wildman–Crippen LogP) is 0.664. The highest BCUT2D eigenvalue weighted by Gasteiger charge is 2.12. The lowest BCUT2D eigenvalue weighted by atomic mass is 10.2. The minimum Gasteiger partial charge on any atom is -0.480 e. The average Bonchev–Trinajstić information content (AvgIpc) is 2.81. The summed E-state index contributed by atoms with van der Waals surface area (Å²) >= 11 is 0. The number of aliphatic imine (C=N–C) groups is 1. The van der Waals surface area contributed by atoms with Gasteiger partial charge in [0.2, 0.25) is 5.88 Å². The number of anilines is 1. The van der Waals surface area contributed by atoms with Crippen molar-refractivity contribution >= 4 is 17.4 Å². The summed E-state index contributed by atoms with van der Waals surface area (Å²) < 4.78 is 5.12. The van der Waals surface area contributed by atoms with Gasteiger partial charge in [-0.15, -0.1) is 0 Å². The van der Waals surface area contributed by atoms with Gasteiger partial charge in [-0.2, -0.15) is 0 Å². The minimum absolute atomic E-state index is 0.0375. The summed E-state index contributed by atoms with van der Waals surface area (Å²) in [6.07, 6.45) is 1.50. The number of carbonyl (C=O) groups is 1. The van der Waals surface area contributed by atoms with Gasteiger partial charge in [0.05, 0.1) is 13.7 Å². The van der Waals surface area contributed by atoms with E-state index in [1.807, 2.05) is 0 Å². The molecule has 1 aliphatic rings. The van der Waals surface area contributed by atoms with E-state index in [-0.39, 0.29) is 5.78 Å². The average molecular weight is 234 g/mol. The van der Waals surface area contributed by atoms with Crippen molar-refractivity contribution in [3.63, 3.8) is 0 Å². The van der Waals surface area contributed by atoms with Gasteiger partial charge in [0.1, 0.15) is 5.69 Å². The van der Waals surface area contributed by atoms with Crippen LogP contribution in [0.2, 0.25) is 0 Å². The molecule has 1 aromatic heterocycles. The highest BCUT2D eigenvalue weighted by atomic mass is 16.5.